The van der Waals surface area contributed by atoms with E-state index in [1.54, 1.807) is 0 Å². The van der Waals surface area contributed by atoms with Gasteiger partial charge in [-0.1, -0.05) is 19.9 Å². The number of hydrogen-bond donors (Lipinski definition) is 0. The predicted octanol–water partition coefficient (Wildman–Crippen LogP) is 4.11. The highest BCUT2D eigenvalue weighted by Crippen LogP contribution is 2.26. The molecule has 2 nitrogen and oxygen atoms in total. The van der Waals surface area contributed by atoms with E-state index in [0.717, 1.165) is 35.3 Å². The molecule has 1 aromatic rings. The van der Waals surface area contributed by atoms with Crippen molar-refractivity contribution in [3.63, 3.8) is 0 Å². The van der Waals surface area contributed by atoms with Crippen LogP contribution in [0, 0.1) is 11.8 Å². The van der Waals surface area contributed by atoms with Crippen LogP contribution in [0.15, 0.2) is 22.8 Å². The fourth-order valence-corrected chi connectivity index (χ4v) is 2.93. The van der Waals surface area contributed by atoms with Gasteiger partial charge in [0.15, 0.2) is 0 Å². The molecule has 3 heteroatoms. The van der Waals surface area contributed by atoms with E-state index in [1.807, 2.05) is 6.07 Å². The molecule has 1 aromatic heterocycles. The fraction of sp³-hybridized carbons (Fsp3) is 0.643. The number of nitrogens with zero attached hydrogens (tertiary/aromatic N) is 2. The fourth-order valence-electron chi connectivity index (χ4n) is 2.59. The van der Waals surface area contributed by atoms with Crippen molar-refractivity contribution in [3.8, 4) is 0 Å². The standard InChI is InChI=1S/C14H21BrN2/c1-11(2)12-5-4-9-17(10-8-12)14-7-3-6-13(15)16-14/h3,6-7,11-12H,4-5,8-10H2,1-2H3. The summed E-state index contributed by atoms with van der Waals surface area (Å²) in [6, 6.07) is 6.16. The summed E-state index contributed by atoms with van der Waals surface area (Å²) in [5.74, 6) is 2.81. The average molecular weight is 297 g/mol. The van der Waals surface area contributed by atoms with Crippen LogP contribution in [0.3, 0.4) is 0 Å². The van der Waals surface area contributed by atoms with E-state index in [2.05, 4.69) is 51.8 Å². The van der Waals surface area contributed by atoms with Gasteiger partial charge >= 0.3 is 0 Å². The summed E-state index contributed by atoms with van der Waals surface area (Å²) in [7, 11) is 0. The third-order valence-electron chi connectivity index (χ3n) is 3.74. The summed E-state index contributed by atoms with van der Waals surface area (Å²) in [6.07, 6.45) is 3.95. The summed E-state index contributed by atoms with van der Waals surface area (Å²) in [4.78, 5) is 6.97. The van der Waals surface area contributed by atoms with E-state index in [9.17, 15) is 0 Å². The van der Waals surface area contributed by atoms with Crippen LogP contribution in [0.25, 0.3) is 0 Å². The Labute approximate surface area is 113 Å². The van der Waals surface area contributed by atoms with Gasteiger partial charge < -0.3 is 4.90 Å². The summed E-state index contributed by atoms with van der Waals surface area (Å²) < 4.78 is 0.930. The zero-order valence-corrected chi connectivity index (χ0v) is 12.3. The van der Waals surface area contributed by atoms with Crippen molar-refractivity contribution in [1.29, 1.82) is 0 Å². The van der Waals surface area contributed by atoms with Crippen molar-refractivity contribution in [2.24, 2.45) is 11.8 Å². The number of halogens is 1. The topological polar surface area (TPSA) is 16.1 Å². The zero-order chi connectivity index (χ0) is 12.3. The van der Waals surface area contributed by atoms with Gasteiger partial charge in [0.05, 0.1) is 0 Å². The van der Waals surface area contributed by atoms with E-state index in [4.69, 9.17) is 0 Å². The normalized spacial score (nSPS) is 21.6. The Bertz CT molecular complexity index is 365. The second kappa shape index (κ2) is 5.85. The number of pyridine rings is 1. The Hall–Kier alpha value is -0.570. The van der Waals surface area contributed by atoms with Crippen LogP contribution in [-0.4, -0.2) is 18.1 Å². The van der Waals surface area contributed by atoms with Crippen LogP contribution in [-0.2, 0) is 0 Å². The molecule has 1 aliphatic heterocycles. The van der Waals surface area contributed by atoms with E-state index in [1.165, 1.54) is 19.3 Å². The van der Waals surface area contributed by atoms with Gasteiger partial charge in [0, 0.05) is 13.1 Å². The maximum Gasteiger partial charge on any atom is 0.129 e. The van der Waals surface area contributed by atoms with Crippen LogP contribution >= 0.6 is 15.9 Å². The highest BCUT2D eigenvalue weighted by molar-refractivity contribution is 9.10. The smallest absolute Gasteiger partial charge is 0.129 e. The van der Waals surface area contributed by atoms with Crippen LogP contribution in [0.4, 0.5) is 5.82 Å². The summed E-state index contributed by atoms with van der Waals surface area (Å²) >= 11 is 3.45. The molecule has 1 unspecified atom stereocenters. The Morgan fingerprint density at radius 2 is 2.12 bits per heavy atom. The molecule has 0 spiro atoms. The van der Waals surface area contributed by atoms with Crippen LogP contribution in [0.1, 0.15) is 33.1 Å². The SMILES string of the molecule is CC(C)C1CCCN(c2cccc(Br)n2)CC1. The third-order valence-corrected chi connectivity index (χ3v) is 4.18. The maximum atomic E-state index is 4.55. The molecule has 1 saturated heterocycles. The van der Waals surface area contributed by atoms with Gasteiger partial charge in [-0.25, -0.2) is 4.98 Å². The largest absolute Gasteiger partial charge is 0.357 e. The molecule has 0 radical (unpaired) electrons. The Balaban J connectivity index is 2.04. The molecule has 0 amide bonds. The van der Waals surface area contributed by atoms with Crippen molar-refractivity contribution in [2.75, 3.05) is 18.0 Å². The molecule has 17 heavy (non-hydrogen) atoms. The lowest BCUT2D eigenvalue weighted by atomic mass is 9.89. The molecule has 94 valence electrons. The molecule has 0 N–H and O–H groups in total. The van der Waals surface area contributed by atoms with Crippen molar-refractivity contribution in [3.05, 3.63) is 22.8 Å². The first-order valence-corrected chi connectivity index (χ1v) is 7.33. The zero-order valence-electron chi connectivity index (χ0n) is 10.7. The summed E-state index contributed by atoms with van der Waals surface area (Å²) in [6.45, 7) is 6.98. The van der Waals surface area contributed by atoms with E-state index in [0.29, 0.717) is 0 Å². The minimum Gasteiger partial charge on any atom is -0.357 e. The summed E-state index contributed by atoms with van der Waals surface area (Å²) in [5.41, 5.74) is 0. The minimum absolute atomic E-state index is 0.811. The molecule has 2 heterocycles. The quantitative estimate of drug-likeness (QED) is 0.764. The number of rotatable bonds is 2. The first-order valence-electron chi connectivity index (χ1n) is 6.54. The lowest BCUT2D eigenvalue weighted by molar-refractivity contribution is 0.351. The van der Waals surface area contributed by atoms with Crippen LogP contribution in [0.5, 0.6) is 0 Å². The Kier molecular flexibility index (Phi) is 4.43. The van der Waals surface area contributed by atoms with Gasteiger partial charge in [0.25, 0.3) is 0 Å². The highest BCUT2D eigenvalue weighted by Gasteiger charge is 2.20. The van der Waals surface area contributed by atoms with E-state index < -0.39 is 0 Å². The first kappa shape index (κ1) is 12.9. The van der Waals surface area contributed by atoms with Gasteiger partial charge in [-0.05, 0) is 59.2 Å². The predicted molar refractivity (Wildman–Crippen MR) is 76.3 cm³/mol. The molecule has 0 aliphatic carbocycles. The second-order valence-corrected chi connectivity index (χ2v) is 6.05. The Morgan fingerprint density at radius 1 is 1.29 bits per heavy atom. The molecule has 2 rings (SSSR count). The average Bonchev–Trinajstić information content (AvgIpc) is 2.54. The molecular weight excluding hydrogens is 276 g/mol. The highest BCUT2D eigenvalue weighted by atomic mass is 79.9. The van der Waals surface area contributed by atoms with E-state index in [-0.39, 0.29) is 0 Å². The van der Waals surface area contributed by atoms with Crippen molar-refractivity contribution in [2.45, 2.75) is 33.1 Å². The molecule has 1 aliphatic rings. The summed E-state index contributed by atoms with van der Waals surface area (Å²) in [5, 5.41) is 0. The first-order chi connectivity index (χ1) is 8.16. The second-order valence-electron chi connectivity index (χ2n) is 5.24. The van der Waals surface area contributed by atoms with Gasteiger partial charge in [0.2, 0.25) is 0 Å². The third kappa shape index (κ3) is 3.44. The van der Waals surface area contributed by atoms with Gasteiger partial charge in [-0.2, -0.15) is 0 Å². The minimum atomic E-state index is 0.811. The molecule has 0 bridgehead atoms. The molecule has 1 fully saturated rings. The maximum absolute atomic E-state index is 4.55. The lowest BCUT2D eigenvalue weighted by Gasteiger charge is -2.22. The van der Waals surface area contributed by atoms with Crippen LogP contribution in [0.2, 0.25) is 0 Å². The molecular formula is C14H21BrN2. The number of hydrogen-bond acceptors (Lipinski definition) is 2. The lowest BCUT2D eigenvalue weighted by Crippen LogP contribution is -2.25. The monoisotopic (exact) mass is 296 g/mol. The van der Waals surface area contributed by atoms with Crippen molar-refractivity contribution >= 4 is 21.7 Å². The Morgan fingerprint density at radius 3 is 2.82 bits per heavy atom. The van der Waals surface area contributed by atoms with Crippen molar-refractivity contribution < 1.29 is 0 Å². The van der Waals surface area contributed by atoms with Gasteiger partial charge in [-0.3, -0.25) is 0 Å². The molecule has 1 atom stereocenters. The van der Waals surface area contributed by atoms with Crippen LogP contribution < -0.4 is 4.90 Å². The van der Waals surface area contributed by atoms with Gasteiger partial charge in [-0.15, -0.1) is 0 Å². The number of anilines is 1. The van der Waals surface area contributed by atoms with Crippen molar-refractivity contribution in [1.82, 2.24) is 4.98 Å². The molecule has 0 aromatic carbocycles. The van der Waals surface area contributed by atoms with Gasteiger partial charge in [0.1, 0.15) is 10.4 Å². The number of aromatic nitrogens is 1. The molecule has 0 saturated carbocycles. The van der Waals surface area contributed by atoms with E-state index >= 15 is 0 Å².